The first-order valence-electron chi connectivity index (χ1n) is 3.90. The fourth-order valence-corrected chi connectivity index (χ4v) is 2.24. The van der Waals surface area contributed by atoms with E-state index in [1.165, 1.54) is 0 Å². The third-order valence-corrected chi connectivity index (χ3v) is 3.25. The van der Waals surface area contributed by atoms with Gasteiger partial charge in [-0.2, -0.15) is 0 Å². The predicted octanol–water partition coefficient (Wildman–Crippen LogP) is -1.78. The number of halogens is 1. The van der Waals surface area contributed by atoms with Crippen LogP contribution in [0.1, 0.15) is 5.69 Å². The molecule has 0 aliphatic rings. The molecule has 0 aliphatic carbocycles. The van der Waals surface area contributed by atoms with E-state index in [0.717, 1.165) is 20.6 Å². The van der Waals surface area contributed by atoms with Crippen molar-refractivity contribution < 1.29 is 21.2 Å². The Kier molecular flexibility index (Phi) is 2.39. The van der Waals surface area contributed by atoms with Crippen molar-refractivity contribution in [2.24, 2.45) is 0 Å². The Morgan fingerprint density at radius 2 is 2.15 bits per heavy atom. The summed E-state index contributed by atoms with van der Waals surface area (Å²) in [4.78, 5) is 15.2. The second-order valence-electron chi connectivity index (χ2n) is 2.64. The van der Waals surface area contributed by atoms with E-state index >= 15 is 0 Å². The minimum atomic E-state index is -0.0445. The molecule has 0 aromatic carbocycles. The van der Waals surface area contributed by atoms with E-state index in [-0.39, 0.29) is 21.2 Å². The number of aromatic nitrogens is 3. The zero-order valence-corrected chi connectivity index (χ0v) is 9.61. The van der Waals surface area contributed by atoms with Gasteiger partial charge < -0.3 is 0 Å². The van der Waals surface area contributed by atoms with Gasteiger partial charge in [-0.1, -0.05) is 0 Å². The molecule has 0 aliphatic heterocycles. The molecule has 0 spiro atoms. The van der Waals surface area contributed by atoms with E-state index < -0.39 is 0 Å². The summed E-state index contributed by atoms with van der Waals surface area (Å²) < 4.78 is 0.975. The topological polar surface area (TPSA) is 38.7 Å². The van der Waals surface area contributed by atoms with Gasteiger partial charge in [0.1, 0.15) is 0 Å². The number of pyridine rings is 1. The van der Waals surface area contributed by atoms with Crippen LogP contribution in [0.3, 0.4) is 0 Å². The van der Waals surface area contributed by atoms with E-state index in [9.17, 15) is 0 Å². The predicted molar refractivity (Wildman–Crippen MR) is 46.7 cm³/mol. The second-order valence-corrected chi connectivity index (χ2v) is 4.69. The van der Waals surface area contributed by atoms with Crippen LogP contribution < -0.4 is 21.2 Å². The molecule has 2 heterocycles. The van der Waals surface area contributed by atoms with Gasteiger partial charge in [0.25, 0.3) is 0 Å². The Labute approximate surface area is 86.9 Å². The van der Waals surface area contributed by atoms with Crippen molar-refractivity contribution in [1.82, 2.24) is 15.0 Å². The van der Waals surface area contributed by atoms with Crippen molar-refractivity contribution in [3.63, 3.8) is 0 Å². The first-order valence-corrected chi connectivity index (χ1v) is 7.13. The molecule has 68 valence electrons. The average molecular weight is 286 g/mol. The summed E-state index contributed by atoms with van der Waals surface area (Å²) >= 11 is -0.0445. The Hall–Kier alpha value is -0.780. The number of alkyl halides is 1. The molecule has 13 heavy (non-hydrogen) atoms. The van der Waals surface area contributed by atoms with Crippen molar-refractivity contribution >= 4 is 11.0 Å². The number of nitrogens with zero attached hydrogens (tertiary/aromatic N) is 3. The molecule has 2 aromatic rings. The summed E-state index contributed by atoms with van der Waals surface area (Å²) in [6, 6.07) is 3.93. The summed E-state index contributed by atoms with van der Waals surface area (Å²) in [6.45, 7) is 2.01. The van der Waals surface area contributed by atoms with E-state index in [2.05, 4.69) is 19.9 Å². The summed E-state index contributed by atoms with van der Waals surface area (Å²) in [5.41, 5.74) is 1.86. The fraction of sp³-hybridized carbons (Fsp3) is 0.222. The minimum absolute atomic E-state index is 0.0445. The maximum absolute atomic E-state index is 4.42. The fourth-order valence-electron chi connectivity index (χ4n) is 1.16. The van der Waals surface area contributed by atoms with Gasteiger partial charge in [0.15, 0.2) is 0 Å². The Morgan fingerprint density at radius 1 is 1.31 bits per heavy atom. The zero-order chi connectivity index (χ0) is 9.26. The third-order valence-electron chi connectivity index (χ3n) is 1.80. The Balaban J connectivity index is 2.77. The van der Waals surface area contributed by atoms with Gasteiger partial charge in [-0.25, -0.2) is 0 Å². The van der Waals surface area contributed by atoms with Crippen molar-refractivity contribution in [2.75, 3.05) is 4.93 Å². The third kappa shape index (κ3) is 1.63. The van der Waals surface area contributed by atoms with E-state index in [1.54, 1.807) is 6.20 Å². The molecule has 0 N–H and O–H groups in total. The van der Waals surface area contributed by atoms with Crippen LogP contribution in [-0.2, 0) is 0 Å². The first kappa shape index (κ1) is 8.80. The van der Waals surface area contributed by atoms with E-state index in [4.69, 9.17) is 0 Å². The molecule has 0 bridgehead atoms. The van der Waals surface area contributed by atoms with E-state index in [1.807, 2.05) is 19.1 Å². The summed E-state index contributed by atoms with van der Waals surface area (Å²) in [7, 11) is 0. The molecule has 0 saturated heterocycles. The van der Waals surface area contributed by atoms with Crippen molar-refractivity contribution in [3.8, 4) is 0 Å². The molecular formula is C9H9IN3-. The van der Waals surface area contributed by atoms with Gasteiger partial charge in [-0.05, 0) is 0 Å². The van der Waals surface area contributed by atoms with Gasteiger partial charge in [-0.15, -0.1) is 0 Å². The second kappa shape index (κ2) is 3.53. The van der Waals surface area contributed by atoms with Gasteiger partial charge in [0.2, 0.25) is 0 Å². The molecule has 2 aromatic heterocycles. The summed E-state index contributed by atoms with van der Waals surface area (Å²) in [5.74, 6) is 0. The first-order chi connectivity index (χ1) is 6.31. The van der Waals surface area contributed by atoms with Gasteiger partial charge >= 0.3 is 86.9 Å². The van der Waals surface area contributed by atoms with Crippen LogP contribution in [0.4, 0.5) is 0 Å². The van der Waals surface area contributed by atoms with Crippen LogP contribution in [0.2, 0.25) is 0 Å². The molecule has 0 radical (unpaired) electrons. The number of aryl methyl sites for hydroxylation is 1. The number of rotatable bonds is 1. The van der Waals surface area contributed by atoms with Gasteiger partial charge in [0.05, 0.1) is 0 Å². The molecule has 2 rings (SSSR count). The summed E-state index contributed by atoms with van der Waals surface area (Å²) in [5, 5.41) is 1.06. The molecule has 3 nitrogen and oxygen atoms in total. The Bertz CT molecular complexity index is 442. The van der Waals surface area contributed by atoms with Crippen LogP contribution in [0.25, 0.3) is 11.0 Å². The number of hydrogen-bond acceptors (Lipinski definition) is 3. The molecule has 0 saturated carbocycles. The van der Waals surface area contributed by atoms with Crippen molar-refractivity contribution in [3.05, 3.63) is 27.9 Å². The van der Waals surface area contributed by atoms with Gasteiger partial charge in [0, 0.05) is 0 Å². The zero-order valence-electron chi connectivity index (χ0n) is 7.45. The van der Waals surface area contributed by atoms with Crippen LogP contribution in [0.15, 0.2) is 18.3 Å². The van der Waals surface area contributed by atoms with Crippen LogP contribution in [0.5, 0.6) is 0 Å². The van der Waals surface area contributed by atoms with Crippen molar-refractivity contribution in [2.45, 2.75) is 6.92 Å². The number of fused-ring (bicyclic) bond motifs is 1. The van der Waals surface area contributed by atoms with Crippen LogP contribution >= 0.6 is 0 Å². The van der Waals surface area contributed by atoms with E-state index in [0.29, 0.717) is 0 Å². The molecule has 4 heteroatoms. The summed E-state index contributed by atoms with van der Waals surface area (Å²) in [6.07, 6.45) is 1.77. The van der Waals surface area contributed by atoms with Gasteiger partial charge in [-0.3, -0.25) is 0 Å². The molecule has 0 fully saturated rings. The van der Waals surface area contributed by atoms with Crippen LogP contribution in [0, 0.1) is 10.8 Å². The molecule has 0 unspecified atom stereocenters. The number of hydrogen-bond donors (Lipinski definition) is 0. The molecular weight excluding hydrogens is 277 g/mol. The molecule has 0 amide bonds. The maximum atomic E-state index is 4.42. The quantitative estimate of drug-likeness (QED) is 0.353. The van der Waals surface area contributed by atoms with Crippen LogP contribution in [-0.4, -0.2) is 19.9 Å². The van der Waals surface area contributed by atoms with Crippen molar-refractivity contribution in [1.29, 1.82) is 0 Å². The Morgan fingerprint density at radius 3 is 2.92 bits per heavy atom. The standard InChI is InChI=1S/C9H9IN3/c1-6-7-4-3-5-11-8(7)13-9(10-2)12-6/h3-5H,1-2H3/q-1. The monoisotopic (exact) mass is 286 g/mol. The molecule has 0 atom stereocenters. The SMILES string of the molecule is C[I-]c1nc(C)c2cccnc2n1. The normalized spacial score (nSPS) is 10.9. The average Bonchev–Trinajstić information content (AvgIpc) is 2.18.